The largest absolute Gasteiger partial charge is 0.480 e. The third-order valence-electron chi connectivity index (χ3n) is 3.88. The Morgan fingerprint density at radius 2 is 1.83 bits per heavy atom. The lowest BCUT2D eigenvalue weighted by Gasteiger charge is -2.14. The number of H-pyrrole nitrogens is 1. The Hall–Kier alpha value is -3.28. The molecule has 0 aliphatic rings. The maximum absolute atomic E-state index is 12.2. The van der Waals surface area contributed by atoms with E-state index < -0.39 is 17.9 Å². The Labute approximate surface area is 138 Å². The van der Waals surface area contributed by atoms with E-state index in [1.807, 2.05) is 24.3 Å². The zero-order chi connectivity index (χ0) is 17.1. The molecule has 5 N–H and O–H groups in total. The summed E-state index contributed by atoms with van der Waals surface area (Å²) in [5.41, 5.74) is 8.28. The second kappa shape index (κ2) is 6.45. The highest BCUT2D eigenvalue weighted by Crippen LogP contribution is 2.19. The topological polar surface area (TPSA) is 108 Å². The third kappa shape index (κ3) is 3.22. The van der Waals surface area contributed by atoms with Crippen LogP contribution in [0.25, 0.3) is 10.9 Å². The van der Waals surface area contributed by atoms with Crippen LogP contribution in [0.3, 0.4) is 0 Å². The second-order valence-corrected chi connectivity index (χ2v) is 5.55. The van der Waals surface area contributed by atoms with E-state index in [-0.39, 0.29) is 6.42 Å². The predicted octanol–water partition coefficient (Wildman–Crippen LogP) is 2.18. The monoisotopic (exact) mass is 323 g/mol. The van der Waals surface area contributed by atoms with E-state index in [0.29, 0.717) is 11.3 Å². The van der Waals surface area contributed by atoms with Gasteiger partial charge < -0.3 is 21.1 Å². The lowest BCUT2D eigenvalue weighted by Crippen LogP contribution is -2.42. The Morgan fingerprint density at radius 3 is 2.54 bits per heavy atom. The number of aromatic amines is 1. The quantitative estimate of drug-likeness (QED) is 0.540. The van der Waals surface area contributed by atoms with Gasteiger partial charge in [0.2, 0.25) is 0 Å². The number of aromatic nitrogens is 1. The Bertz CT molecular complexity index is 884. The molecule has 0 aliphatic heterocycles. The van der Waals surface area contributed by atoms with Crippen LogP contribution in [0.2, 0.25) is 0 Å². The van der Waals surface area contributed by atoms with E-state index in [1.165, 1.54) is 0 Å². The van der Waals surface area contributed by atoms with Gasteiger partial charge in [-0.25, -0.2) is 4.79 Å². The van der Waals surface area contributed by atoms with E-state index in [0.717, 1.165) is 16.5 Å². The smallest absolute Gasteiger partial charge is 0.326 e. The van der Waals surface area contributed by atoms with Crippen LogP contribution in [0.1, 0.15) is 15.9 Å². The third-order valence-corrected chi connectivity index (χ3v) is 3.88. The number of carboxylic acid groups (broad SMARTS) is 1. The molecule has 2 aromatic carbocycles. The highest BCUT2D eigenvalue weighted by atomic mass is 16.4. The van der Waals surface area contributed by atoms with Crippen molar-refractivity contribution in [2.75, 3.05) is 5.73 Å². The average Bonchev–Trinajstić information content (AvgIpc) is 2.98. The SMILES string of the molecule is Nc1ccc(C(=O)N[C@@H](Cc2c[nH]c3ccccc23)C(=O)O)cc1. The first kappa shape index (κ1) is 15.6. The molecule has 0 saturated carbocycles. The van der Waals surface area contributed by atoms with Crippen molar-refractivity contribution in [3.05, 3.63) is 65.9 Å². The second-order valence-electron chi connectivity index (χ2n) is 5.55. The molecule has 0 aliphatic carbocycles. The predicted molar refractivity (Wildman–Crippen MR) is 91.7 cm³/mol. The first-order valence-electron chi connectivity index (χ1n) is 7.49. The van der Waals surface area contributed by atoms with Gasteiger partial charge in [0.05, 0.1) is 0 Å². The number of benzene rings is 2. The van der Waals surface area contributed by atoms with E-state index in [1.54, 1.807) is 30.5 Å². The Balaban J connectivity index is 1.79. The van der Waals surface area contributed by atoms with Gasteiger partial charge in [-0.3, -0.25) is 4.79 Å². The van der Waals surface area contributed by atoms with Gasteiger partial charge in [-0.05, 0) is 35.9 Å². The minimum absolute atomic E-state index is 0.195. The molecule has 1 atom stereocenters. The summed E-state index contributed by atoms with van der Waals surface area (Å²) in [7, 11) is 0. The number of fused-ring (bicyclic) bond motifs is 1. The summed E-state index contributed by atoms with van der Waals surface area (Å²) in [4.78, 5) is 26.9. The zero-order valence-electron chi connectivity index (χ0n) is 12.8. The summed E-state index contributed by atoms with van der Waals surface area (Å²) in [5.74, 6) is -1.52. The van der Waals surface area contributed by atoms with E-state index >= 15 is 0 Å². The molecule has 0 fully saturated rings. The van der Waals surface area contributed by atoms with Crippen LogP contribution in [-0.4, -0.2) is 28.0 Å². The molecule has 3 rings (SSSR count). The number of aliphatic carboxylic acids is 1. The normalized spacial score (nSPS) is 12.0. The number of anilines is 1. The molecule has 0 saturated heterocycles. The first-order chi connectivity index (χ1) is 11.5. The number of hydrogen-bond acceptors (Lipinski definition) is 3. The number of hydrogen-bond donors (Lipinski definition) is 4. The summed E-state index contributed by atoms with van der Waals surface area (Å²) in [5, 5.41) is 13.0. The van der Waals surface area contributed by atoms with Crippen LogP contribution in [0.4, 0.5) is 5.69 Å². The van der Waals surface area contributed by atoms with Crippen LogP contribution in [0.5, 0.6) is 0 Å². The van der Waals surface area contributed by atoms with E-state index in [2.05, 4.69) is 10.3 Å². The Morgan fingerprint density at radius 1 is 1.12 bits per heavy atom. The lowest BCUT2D eigenvalue weighted by molar-refractivity contribution is -0.139. The Kier molecular flexibility index (Phi) is 4.20. The molecule has 1 heterocycles. The van der Waals surface area contributed by atoms with Crippen molar-refractivity contribution < 1.29 is 14.7 Å². The zero-order valence-corrected chi connectivity index (χ0v) is 12.8. The van der Waals surface area contributed by atoms with Crippen molar-refractivity contribution >= 4 is 28.5 Å². The molecule has 1 aromatic heterocycles. The van der Waals surface area contributed by atoms with Crippen LogP contribution < -0.4 is 11.1 Å². The van der Waals surface area contributed by atoms with Gasteiger partial charge >= 0.3 is 5.97 Å². The summed E-state index contributed by atoms with van der Waals surface area (Å²) in [6, 6.07) is 12.9. The molecular weight excluding hydrogens is 306 g/mol. The van der Waals surface area contributed by atoms with Gasteiger partial charge in [-0.1, -0.05) is 18.2 Å². The van der Waals surface area contributed by atoms with Gasteiger partial charge in [0.15, 0.2) is 0 Å². The number of nitrogen functional groups attached to an aromatic ring is 1. The van der Waals surface area contributed by atoms with Crippen molar-refractivity contribution in [1.82, 2.24) is 10.3 Å². The van der Waals surface area contributed by atoms with Crippen LogP contribution in [0, 0.1) is 0 Å². The van der Waals surface area contributed by atoms with Gasteiger partial charge in [-0.2, -0.15) is 0 Å². The van der Waals surface area contributed by atoms with Crippen molar-refractivity contribution in [3.63, 3.8) is 0 Å². The summed E-state index contributed by atoms with van der Waals surface area (Å²) in [6.45, 7) is 0. The van der Waals surface area contributed by atoms with Crippen molar-refractivity contribution in [1.29, 1.82) is 0 Å². The van der Waals surface area contributed by atoms with Crippen molar-refractivity contribution in [3.8, 4) is 0 Å². The number of nitrogens with one attached hydrogen (secondary N) is 2. The number of carboxylic acids is 1. The summed E-state index contributed by atoms with van der Waals surface area (Å²) < 4.78 is 0. The molecule has 0 radical (unpaired) electrons. The van der Waals surface area contributed by atoms with Crippen LogP contribution >= 0.6 is 0 Å². The molecule has 1 amide bonds. The van der Waals surface area contributed by atoms with Gasteiger partial charge in [-0.15, -0.1) is 0 Å². The van der Waals surface area contributed by atoms with Gasteiger partial charge in [0.1, 0.15) is 6.04 Å². The molecule has 122 valence electrons. The molecule has 0 spiro atoms. The highest BCUT2D eigenvalue weighted by Gasteiger charge is 2.22. The van der Waals surface area contributed by atoms with Gasteiger partial charge in [0, 0.05) is 34.8 Å². The molecule has 0 unspecified atom stereocenters. The molecule has 6 heteroatoms. The summed E-state index contributed by atoms with van der Waals surface area (Å²) in [6.07, 6.45) is 1.97. The number of rotatable bonds is 5. The minimum Gasteiger partial charge on any atom is -0.480 e. The van der Waals surface area contributed by atoms with Crippen molar-refractivity contribution in [2.45, 2.75) is 12.5 Å². The first-order valence-corrected chi connectivity index (χ1v) is 7.49. The van der Waals surface area contributed by atoms with Crippen LogP contribution in [-0.2, 0) is 11.2 Å². The maximum Gasteiger partial charge on any atom is 0.326 e. The highest BCUT2D eigenvalue weighted by molar-refractivity contribution is 5.97. The fraction of sp³-hybridized carbons (Fsp3) is 0.111. The molecule has 0 bridgehead atoms. The molecule has 3 aromatic rings. The fourth-order valence-corrected chi connectivity index (χ4v) is 2.60. The minimum atomic E-state index is -1.08. The van der Waals surface area contributed by atoms with Crippen LogP contribution in [0.15, 0.2) is 54.7 Å². The maximum atomic E-state index is 12.2. The molecule has 6 nitrogen and oxygen atoms in total. The van der Waals surface area contributed by atoms with E-state index in [9.17, 15) is 14.7 Å². The lowest BCUT2D eigenvalue weighted by atomic mass is 10.0. The summed E-state index contributed by atoms with van der Waals surface area (Å²) >= 11 is 0. The number of para-hydroxylation sites is 1. The van der Waals surface area contributed by atoms with Crippen molar-refractivity contribution in [2.24, 2.45) is 0 Å². The average molecular weight is 323 g/mol. The van der Waals surface area contributed by atoms with Gasteiger partial charge in [0.25, 0.3) is 5.91 Å². The fourth-order valence-electron chi connectivity index (χ4n) is 2.60. The van der Waals surface area contributed by atoms with E-state index in [4.69, 9.17) is 5.73 Å². The number of amides is 1. The number of carbonyl (C=O) groups is 2. The molecular formula is C18H17N3O3. The number of nitrogens with two attached hydrogens (primary N) is 1. The number of carbonyl (C=O) groups excluding carboxylic acids is 1. The molecule has 24 heavy (non-hydrogen) atoms. The standard InChI is InChI=1S/C18H17N3O3/c19-13-7-5-11(6-8-13)17(22)21-16(18(23)24)9-12-10-20-15-4-2-1-3-14(12)15/h1-8,10,16,20H,9,19H2,(H,21,22)(H,23,24)/t16-/m0/s1.